The van der Waals surface area contributed by atoms with Crippen molar-refractivity contribution >= 4 is 0 Å². The Morgan fingerprint density at radius 2 is 2.06 bits per heavy atom. The first-order valence-electron chi connectivity index (χ1n) is 7.08. The Morgan fingerprint density at radius 1 is 1.41 bits per heavy atom. The van der Waals surface area contributed by atoms with Crippen molar-refractivity contribution in [1.82, 2.24) is 10.2 Å². The van der Waals surface area contributed by atoms with Crippen LogP contribution in [0, 0.1) is 11.8 Å². The molecule has 0 heterocycles. The van der Waals surface area contributed by atoms with Gasteiger partial charge in [0.15, 0.2) is 0 Å². The molecule has 0 aromatic rings. The molecule has 0 amide bonds. The van der Waals surface area contributed by atoms with Crippen molar-refractivity contribution in [2.45, 2.75) is 45.6 Å². The topological polar surface area (TPSA) is 35.5 Å². The molecule has 0 bridgehead atoms. The number of likely N-dealkylation sites (N-methyl/N-ethyl adjacent to an activating group) is 1. The maximum Gasteiger partial charge on any atom is 0.0628 e. The van der Waals surface area contributed by atoms with E-state index in [0.717, 1.165) is 26.1 Å². The van der Waals surface area contributed by atoms with Crippen molar-refractivity contribution in [2.75, 3.05) is 33.3 Å². The smallest absolute Gasteiger partial charge is 0.0628 e. The van der Waals surface area contributed by atoms with E-state index in [1.807, 2.05) is 0 Å². The minimum Gasteiger partial charge on any atom is -0.394 e. The van der Waals surface area contributed by atoms with Crippen molar-refractivity contribution in [3.05, 3.63) is 0 Å². The fourth-order valence-corrected chi connectivity index (χ4v) is 2.74. The normalized spacial score (nSPS) is 19.9. The first-order chi connectivity index (χ1) is 8.04. The van der Waals surface area contributed by atoms with E-state index in [2.05, 4.69) is 38.0 Å². The summed E-state index contributed by atoms with van der Waals surface area (Å²) < 4.78 is 0. The lowest BCUT2D eigenvalue weighted by Crippen LogP contribution is -2.58. The van der Waals surface area contributed by atoms with Gasteiger partial charge >= 0.3 is 0 Å². The Balaban J connectivity index is 2.55. The van der Waals surface area contributed by atoms with Crippen molar-refractivity contribution in [3.8, 4) is 0 Å². The Morgan fingerprint density at radius 3 is 2.47 bits per heavy atom. The molecular weight excluding hydrogens is 212 g/mol. The van der Waals surface area contributed by atoms with Gasteiger partial charge in [0.1, 0.15) is 0 Å². The predicted molar refractivity (Wildman–Crippen MR) is 73.2 cm³/mol. The number of aliphatic hydroxyl groups is 1. The fourth-order valence-electron chi connectivity index (χ4n) is 2.74. The minimum atomic E-state index is -0.0559. The molecule has 1 aliphatic rings. The quantitative estimate of drug-likeness (QED) is 0.646. The molecule has 1 atom stereocenters. The first kappa shape index (κ1) is 14.9. The maximum atomic E-state index is 9.81. The van der Waals surface area contributed by atoms with Gasteiger partial charge in [0.05, 0.1) is 12.1 Å². The Kier molecular flexibility index (Phi) is 5.90. The molecule has 0 aromatic carbocycles. The van der Waals surface area contributed by atoms with Crippen LogP contribution in [0.4, 0.5) is 0 Å². The van der Waals surface area contributed by atoms with Gasteiger partial charge in [-0.05, 0) is 44.7 Å². The zero-order valence-corrected chi connectivity index (χ0v) is 12.0. The van der Waals surface area contributed by atoms with E-state index in [4.69, 9.17) is 0 Å². The summed E-state index contributed by atoms with van der Waals surface area (Å²) in [5, 5.41) is 13.4. The van der Waals surface area contributed by atoms with Crippen LogP contribution in [0.3, 0.4) is 0 Å². The van der Waals surface area contributed by atoms with Crippen molar-refractivity contribution < 1.29 is 5.11 Å². The van der Waals surface area contributed by atoms with Crippen molar-refractivity contribution in [3.63, 3.8) is 0 Å². The molecule has 0 aliphatic heterocycles. The Labute approximate surface area is 107 Å². The van der Waals surface area contributed by atoms with Gasteiger partial charge < -0.3 is 15.3 Å². The highest BCUT2D eigenvalue weighted by Crippen LogP contribution is 2.40. The third-order valence-electron chi connectivity index (χ3n) is 3.60. The highest BCUT2D eigenvalue weighted by molar-refractivity contribution is 5.02. The summed E-state index contributed by atoms with van der Waals surface area (Å²) >= 11 is 0. The van der Waals surface area contributed by atoms with Gasteiger partial charge in [-0.1, -0.05) is 20.8 Å². The van der Waals surface area contributed by atoms with E-state index < -0.39 is 0 Å². The van der Waals surface area contributed by atoms with Crippen LogP contribution in [0.15, 0.2) is 0 Å². The predicted octanol–water partition coefficient (Wildman–Crippen LogP) is 1.71. The third kappa shape index (κ3) is 4.57. The maximum absolute atomic E-state index is 9.81. The zero-order valence-electron chi connectivity index (χ0n) is 12.0. The average molecular weight is 242 g/mol. The van der Waals surface area contributed by atoms with Crippen LogP contribution in [-0.4, -0.2) is 48.8 Å². The number of rotatable bonds is 9. The second-order valence-corrected chi connectivity index (χ2v) is 6.11. The molecule has 0 radical (unpaired) electrons. The summed E-state index contributed by atoms with van der Waals surface area (Å²) in [5.74, 6) is 1.36. The third-order valence-corrected chi connectivity index (χ3v) is 3.60. The average Bonchev–Trinajstić information content (AvgIpc) is 3.07. The molecule has 0 saturated heterocycles. The summed E-state index contributed by atoms with van der Waals surface area (Å²) in [7, 11) is 2.17. The van der Waals surface area contributed by atoms with Gasteiger partial charge in [-0.2, -0.15) is 0 Å². The second kappa shape index (κ2) is 6.72. The molecular formula is C14H30N2O. The first-order valence-corrected chi connectivity index (χ1v) is 7.08. The van der Waals surface area contributed by atoms with Gasteiger partial charge in [0.25, 0.3) is 0 Å². The van der Waals surface area contributed by atoms with Crippen LogP contribution in [0.1, 0.15) is 40.0 Å². The van der Waals surface area contributed by atoms with Crippen LogP contribution in [0.2, 0.25) is 0 Å². The lowest BCUT2D eigenvalue weighted by Gasteiger charge is -2.37. The zero-order chi connectivity index (χ0) is 12.9. The van der Waals surface area contributed by atoms with Gasteiger partial charge in [-0.25, -0.2) is 0 Å². The van der Waals surface area contributed by atoms with E-state index in [9.17, 15) is 5.11 Å². The SMILES string of the molecule is CCCNC(CO)(CN(C)CC(C)C)C1CC1. The van der Waals surface area contributed by atoms with E-state index >= 15 is 0 Å². The summed E-state index contributed by atoms with van der Waals surface area (Å²) in [6.07, 6.45) is 3.67. The molecule has 2 N–H and O–H groups in total. The largest absolute Gasteiger partial charge is 0.394 e. The summed E-state index contributed by atoms with van der Waals surface area (Å²) in [5.41, 5.74) is -0.0559. The molecule has 0 aromatic heterocycles. The highest BCUT2D eigenvalue weighted by atomic mass is 16.3. The summed E-state index contributed by atoms with van der Waals surface area (Å²) in [6.45, 7) is 10.0. The number of nitrogens with one attached hydrogen (secondary N) is 1. The van der Waals surface area contributed by atoms with Gasteiger partial charge in [-0.3, -0.25) is 0 Å². The molecule has 3 heteroatoms. The summed E-state index contributed by atoms with van der Waals surface area (Å²) in [4.78, 5) is 2.36. The van der Waals surface area contributed by atoms with E-state index in [-0.39, 0.29) is 12.1 Å². The van der Waals surface area contributed by atoms with E-state index in [1.165, 1.54) is 12.8 Å². The van der Waals surface area contributed by atoms with Crippen LogP contribution >= 0.6 is 0 Å². The standard InChI is InChI=1S/C14H30N2O/c1-5-8-15-14(11-17,13-6-7-13)10-16(4)9-12(2)3/h12-13,15,17H,5-11H2,1-4H3. The molecule has 3 nitrogen and oxygen atoms in total. The molecule has 102 valence electrons. The highest BCUT2D eigenvalue weighted by Gasteiger charge is 2.44. The number of hydrogen-bond donors (Lipinski definition) is 2. The van der Waals surface area contributed by atoms with Crippen LogP contribution < -0.4 is 5.32 Å². The Hall–Kier alpha value is -0.120. The van der Waals surface area contributed by atoms with Gasteiger partial charge in [0.2, 0.25) is 0 Å². The molecule has 17 heavy (non-hydrogen) atoms. The number of hydrogen-bond acceptors (Lipinski definition) is 3. The molecule has 0 spiro atoms. The number of nitrogens with zero attached hydrogens (tertiary/aromatic N) is 1. The Bertz CT molecular complexity index is 216. The van der Waals surface area contributed by atoms with E-state index in [1.54, 1.807) is 0 Å². The lowest BCUT2D eigenvalue weighted by molar-refractivity contribution is 0.0966. The van der Waals surface area contributed by atoms with Gasteiger partial charge in [-0.15, -0.1) is 0 Å². The van der Waals surface area contributed by atoms with E-state index in [0.29, 0.717) is 11.8 Å². The van der Waals surface area contributed by atoms with Gasteiger partial charge in [0, 0.05) is 13.1 Å². The molecule has 1 saturated carbocycles. The van der Waals surface area contributed by atoms with Crippen LogP contribution in [0.5, 0.6) is 0 Å². The fraction of sp³-hybridized carbons (Fsp3) is 1.00. The molecule has 1 rings (SSSR count). The number of aliphatic hydroxyl groups excluding tert-OH is 1. The monoisotopic (exact) mass is 242 g/mol. The van der Waals surface area contributed by atoms with Crippen LogP contribution in [0.25, 0.3) is 0 Å². The molecule has 1 aliphatic carbocycles. The second-order valence-electron chi connectivity index (χ2n) is 6.11. The lowest BCUT2D eigenvalue weighted by atomic mass is 9.92. The minimum absolute atomic E-state index is 0.0559. The molecule has 1 unspecified atom stereocenters. The van der Waals surface area contributed by atoms with Crippen molar-refractivity contribution in [1.29, 1.82) is 0 Å². The molecule has 1 fully saturated rings. The van der Waals surface area contributed by atoms with Crippen LogP contribution in [-0.2, 0) is 0 Å². The summed E-state index contributed by atoms with van der Waals surface area (Å²) in [6, 6.07) is 0. The van der Waals surface area contributed by atoms with Crippen molar-refractivity contribution in [2.24, 2.45) is 11.8 Å².